The van der Waals surface area contributed by atoms with Gasteiger partial charge < -0.3 is 10.2 Å². The van der Waals surface area contributed by atoms with E-state index in [1.54, 1.807) is 23.1 Å². The molecule has 1 saturated heterocycles. The van der Waals surface area contributed by atoms with Crippen molar-refractivity contribution in [3.8, 4) is 0 Å². The highest BCUT2D eigenvalue weighted by Gasteiger charge is 2.22. The van der Waals surface area contributed by atoms with Crippen LogP contribution in [-0.4, -0.2) is 36.3 Å². The Morgan fingerprint density at radius 2 is 1.86 bits per heavy atom. The number of benzene rings is 2. The van der Waals surface area contributed by atoms with Crippen molar-refractivity contribution in [2.75, 3.05) is 30.3 Å². The van der Waals surface area contributed by atoms with E-state index in [0.29, 0.717) is 12.3 Å². The lowest BCUT2D eigenvalue weighted by molar-refractivity contribution is -0.120. The van der Waals surface area contributed by atoms with Crippen molar-refractivity contribution in [2.45, 2.75) is 24.2 Å². The summed E-state index contributed by atoms with van der Waals surface area (Å²) in [6.45, 7) is 2.83. The van der Waals surface area contributed by atoms with Crippen LogP contribution in [-0.2, 0) is 4.79 Å². The topological polar surface area (TPSA) is 45.2 Å². The zero-order valence-corrected chi connectivity index (χ0v) is 17.5. The number of thioether (sulfide) groups is 1. The highest BCUT2D eigenvalue weighted by Crippen LogP contribution is 2.31. The second-order valence-corrected chi connectivity index (χ2v) is 9.29. The average Bonchev–Trinajstić information content (AvgIpc) is 3.18. The van der Waals surface area contributed by atoms with E-state index in [1.807, 2.05) is 24.3 Å². The van der Waals surface area contributed by atoms with Gasteiger partial charge in [-0.05, 0) is 43.0 Å². The number of carbonyl (C=O) groups excluding carboxylic acids is 1. The number of nitrogens with zero attached hydrogens (tertiary/aromatic N) is 2. The molecule has 1 aliphatic rings. The van der Waals surface area contributed by atoms with Crippen LogP contribution < -0.4 is 10.2 Å². The number of thiazole rings is 1. The molecule has 1 fully saturated rings. The Labute approximate surface area is 174 Å². The van der Waals surface area contributed by atoms with Gasteiger partial charge in [0.25, 0.3) is 0 Å². The van der Waals surface area contributed by atoms with Gasteiger partial charge in [0.15, 0.2) is 5.13 Å². The lowest BCUT2D eigenvalue weighted by atomic mass is 9.97. The molecule has 146 valence electrons. The molecule has 3 aromatic rings. The van der Waals surface area contributed by atoms with Crippen LogP contribution in [0.25, 0.3) is 10.2 Å². The number of rotatable bonds is 7. The normalized spacial score (nSPS) is 15.1. The van der Waals surface area contributed by atoms with Gasteiger partial charge in [-0.25, -0.2) is 4.98 Å². The second-order valence-electron chi connectivity index (χ2n) is 7.11. The standard InChI is InChI=1S/C22H25N3OS2/c26-21(12-15-27-18-6-2-1-3-7-18)23-16-17-10-13-25(14-11-17)22-24-19-8-4-5-9-20(19)28-22/h1-9,17H,10-16H2,(H,23,26). The fraction of sp³-hybridized carbons (Fsp3) is 0.364. The number of hydrogen-bond acceptors (Lipinski definition) is 5. The third-order valence-electron chi connectivity index (χ3n) is 5.10. The molecule has 1 aromatic heterocycles. The van der Waals surface area contributed by atoms with E-state index in [4.69, 9.17) is 4.98 Å². The number of hydrogen-bond donors (Lipinski definition) is 1. The average molecular weight is 412 g/mol. The Morgan fingerprint density at radius 3 is 2.64 bits per heavy atom. The number of amides is 1. The Bertz CT molecular complexity index is 871. The Balaban J connectivity index is 1.16. The van der Waals surface area contributed by atoms with E-state index < -0.39 is 0 Å². The summed E-state index contributed by atoms with van der Waals surface area (Å²) in [5.41, 5.74) is 1.09. The third kappa shape index (κ3) is 5.06. The van der Waals surface area contributed by atoms with Crippen molar-refractivity contribution >= 4 is 44.4 Å². The Morgan fingerprint density at radius 1 is 1.11 bits per heavy atom. The lowest BCUT2D eigenvalue weighted by Crippen LogP contribution is -2.38. The van der Waals surface area contributed by atoms with Crippen LogP contribution >= 0.6 is 23.1 Å². The zero-order valence-electron chi connectivity index (χ0n) is 15.8. The number of piperidine rings is 1. The molecule has 1 N–H and O–H groups in total. The van der Waals surface area contributed by atoms with E-state index in [0.717, 1.165) is 48.9 Å². The molecule has 1 amide bonds. The molecule has 0 saturated carbocycles. The molecular formula is C22H25N3OS2. The number of fused-ring (bicyclic) bond motifs is 1. The van der Waals surface area contributed by atoms with Gasteiger partial charge in [0.05, 0.1) is 10.2 Å². The molecule has 0 aliphatic carbocycles. The number of para-hydroxylation sites is 1. The summed E-state index contributed by atoms with van der Waals surface area (Å²) in [6, 6.07) is 18.6. The SMILES string of the molecule is O=C(CCSc1ccccc1)NCC1CCN(c2nc3ccccc3s2)CC1. The summed E-state index contributed by atoms with van der Waals surface area (Å²) in [4.78, 5) is 20.5. The number of nitrogens with one attached hydrogen (secondary N) is 1. The Kier molecular flexibility index (Phi) is 6.49. The van der Waals surface area contributed by atoms with Gasteiger partial charge in [-0.15, -0.1) is 11.8 Å². The molecule has 4 nitrogen and oxygen atoms in total. The van der Waals surface area contributed by atoms with Gasteiger partial charge in [-0.3, -0.25) is 4.79 Å². The largest absolute Gasteiger partial charge is 0.356 e. The van der Waals surface area contributed by atoms with Crippen LogP contribution in [0, 0.1) is 5.92 Å². The van der Waals surface area contributed by atoms with E-state index >= 15 is 0 Å². The van der Waals surface area contributed by atoms with Gasteiger partial charge in [0.2, 0.25) is 5.91 Å². The number of anilines is 1. The third-order valence-corrected chi connectivity index (χ3v) is 7.21. The van der Waals surface area contributed by atoms with Crippen molar-refractivity contribution < 1.29 is 4.79 Å². The van der Waals surface area contributed by atoms with Gasteiger partial charge in [0, 0.05) is 36.7 Å². The molecule has 0 bridgehead atoms. The first-order chi connectivity index (χ1) is 13.8. The molecule has 0 unspecified atom stereocenters. The quantitative estimate of drug-likeness (QED) is 0.567. The highest BCUT2D eigenvalue weighted by molar-refractivity contribution is 7.99. The molecule has 0 atom stereocenters. The van der Waals surface area contributed by atoms with Crippen molar-refractivity contribution in [2.24, 2.45) is 5.92 Å². The summed E-state index contributed by atoms with van der Waals surface area (Å²) in [5, 5.41) is 4.26. The van der Waals surface area contributed by atoms with Crippen LogP contribution in [0.3, 0.4) is 0 Å². The Hall–Kier alpha value is -2.05. The van der Waals surface area contributed by atoms with E-state index in [1.165, 1.54) is 9.60 Å². The minimum Gasteiger partial charge on any atom is -0.356 e. The number of aromatic nitrogens is 1. The first-order valence-electron chi connectivity index (χ1n) is 9.83. The van der Waals surface area contributed by atoms with Crippen LogP contribution in [0.15, 0.2) is 59.5 Å². The molecule has 0 spiro atoms. The first-order valence-corrected chi connectivity index (χ1v) is 11.6. The molecule has 2 aromatic carbocycles. The van der Waals surface area contributed by atoms with Gasteiger partial charge in [-0.2, -0.15) is 0 Å². The predicted octanol–water partition coefficient (Wildman–Crippen LogP) is 4.81. The van der Waals surface area contributed by atoms with Crippen molar-refractivity contribution in [1.82, 2.24) is 10.3 Å². The van der Waals surface area contributed by atoms with Crippen LogP contribution in [0.4, 0.5) is 5.13 Å². The minimum absolute atomic E-state index is 0.164. The van der Waals surface area contributed by atoms with Crippen LogP contribution in [0.2, 0.25) is 0 Å². The van der Waals surface area contributed by atoms with Gasteiger partial charge in [0.1, 0.15) is 0 Å². The molecule has 4 rings (SSSR count). The second kappa shape index (κ2) is 9.43. The zero-order chi connectivity index (χ0) is 19.2. The monoisotopic (exact) mass is 411 g/mol. The number of carbonyl (C=O) groups is 1. The summed E-state index contributed by atoms with van der Waals surface area (Å²) in [5.74, 6) is 1.56. The van der Waals surface area contributed by atoms with Crippen molar-refractivity contribution in [3.05, 3.63) is 54.6 Å². The molecule has 28 heavy (non-hydrogen) atoms. The van der Waals surface area contributed by atoms with Crippen molar-refractivity contribution in [3.63, 3.8) is 0 Å². The summed E-state index contributed by atoms with van der Waals surface area (Å²) in [7, 11) is 0. The van der Waals surface area contributed by atoms with E-state index in [2.05, 4.69) is 40.5 Å². The maximum absolute atomic E-state index is 12.1. The fourth-order valence-electron chi connectivity index (χ4n) is 3.45. The van der Waals surface area contributed by atoms with Crippen LogP contribution in [0.5, 0.6) is 0 Å². The lowest BCUT2D eigenvalue weighted by Gasteiger charge is -2.31. The van der Waals surface area contributed by atoms with E-state index in [9.17, 15) is 4.79 Å². The predicted molar refractivity (Wildman–Crippen MR) is 119 cm³/mol. The van der Waals surface area contributed by atoms with Crippen molar-refractivity contribution in [1.29, 1.82) is 0 Å². The molecule has 1 aliphatic heterocycles. The first kappa shape index (κ1) is 19.3. The molecule has 0 radical (unpaired) electrons. The summed E-state index contributed by atoms with van der Waals surface area (Å²) >= 11 is 3.51. The smallest absolute Gasteiger partial charge is 0.220 e. The summed E-state index contributed by atoms with van der Waals surface area (Å²) < 4.78 is 1.25. The minimum atomic E-state index is 0.164. The molecular weight excluding hydrogens is 386 g/mol. The fourth-order valence-corrected chi connectivity index (χ4v) is 5.34. The highest BCUT2D eigenvalue weighted by atomic mass is 32.2. The molecule has 2 heterocycles. The van der Waals surface area contributed by atoms with Crippen LogP contribution in [0.1, 0.15) is 19.3 Å². The van der Waals surface area contributed by atoms with Gasteiger partial charge in [-0.1, -0.05) is 41.7 Å². The summed E-state index contributed by atoms with van der Waals surface area (Å²) in [6.07, 6.45) is 2.79. The van der Waals surface area contributed by atoms with E-state index in [-0.39, 0.29) is 5.91 Å². The molecule has 6 heteroatoms. The maximum atomic E-state index is 12.1. The maximum Gasteiger partial charge on any atom is 0.220 e. The van der Waals surface area contributed by atoms with Gasteiger partial charge >= 0.3 is 0 Å².